The highest BCUT2D eigenvalue weighted by molar-refractivity contribution is 5.85. The van der Waals surface area contributed by atoms with Gasteiger partial charge in [-0.2, -0.15) is 0 Å². The molecule has 3 amide bonds. The van der Waals surface area contributed by atoms with Crippen LogP contribution in [-0.2, 0) is 9.59 Å². The average molecular weight is 275 g/mol. The van der Waals surface area contributed by atoms with Crippen molar-refractivity contribution in [2.24, 2.45) is 5.73 Å². The lowest BCUT2D eigenvalue weighted by Crippen LogP contribution is -2.49. The predicted molar refractivity (Wildman–Crippen MR) is 67.4 cm³/mol. The van der Waals surface area contributed by atoms with Gasteiger partial charge in [0.25, 0.3) is 0 Å². The molecule has 0 aromatic rings. The Labute approximate surface area is 111 Å². The molecule has 110 valence electrons. The summed E-state index contributed by atoms with van der Waals surface area (Å²) in [6.07, 6.45) is 1.58. The van der Waals surface area contributed by atoms with E-state index in [0.717, 1.165) is 17.7 Å². The number of urea groups is 1. The first kappa shape index (κ1) is 17.2. The minimum absolute atomic E-state index is 0.0910. The lowest BCUT2D eigenvalue weighted by molar-refractivity contribution is -0.138. The summed E-state index contributed by atoms with van der Waals surface area (Å²) >= 11 is 0. The highest BCUT2D eigenvalue weighted by atomic mass is 16.4. The number of carboxylic acid groups (broad SMARTS) is 1. The summed E-state index contributed by atoms with van der Waals surface area (Å²) in [6.45, 7) is 1.14. The topological polar surface area (TPSA) is 124 Å². The van der Waals surface area contributed by atoms with Crippen LogP contribution in [-0.4, -0.2) is 70.7 Å². The van der Waals surface area contributed by atoms with Crippen molar-refractivity contribution in [2.45, 2.75) is 19.8 Å². The minimum atomic E-state index is -1.23. The Bertz CT molecular complexity index is 305. The third-order valence-electron chi connectivity index (χ3n) is 2.37. The molecule has 0 atom stereocenters. The molecule has 0 saturated heterocycles. The number of nitrogens with two attached hydrogens (primary N) is 1. The zero-order chi connectivity index (χ0) is 14.8. The second kappa shape index (κ2) is 9.15. The van der Waals surface area contributed by atoms with Crippen molar-refractivity contribution in [1.82, 2.24) is 9.80 Å². The quantitative estimate of drug-likeness (QED) is 0.501. The monoisotopic (exact) mass is 275 g/mol. The molecule has 0 aromatic heterocycles. The Morgan fingerprint density at radius 3 is 2.16 bits per heavy atom. The molecular weight excluding hydrogens is 254 g/mol. The first-order chi connectivity index (χ1) is 8.92. The lowest BCUT2D eigenvalue weighted by atomic mass is 10.3. The van der Waals surface area contributed by atoms with Crippen LogP contribution in [0.2, 0.25) is 0 Å². The maximum Gasteiger partial charge on any atom is 0.323 e. The van der Waals surface area contributed by atoms with E-state index in [1.165, 1.54) is 4.90 Å². The van der Waals surface area contributed by atoms with Crippen molar-refractivity contribution in [3.63, 3.8) is 0 Å². The van der Waals surface area contributed by atoms with E-state index in [9.17, 15) is 14.4 Å². The second-order valence-electron chi connectivity index (χ2n) is 4.06. The summed E-state index contributed by atoms with van der Waals surface area (Å²) in [6, 6.07) is -0.608. The number of aliphatic hydroxyl groups is 1. The number of carbonyl (C=O) groups is 3. The van der Waals surface area contributed by atoms with Crippen molar-refractivity contribution < 1.29 is 24.6 Å². The van der Waals surface area contributed by atoms with E-state index in [0.29, 0.717) is 6.54 Å². The number of nitrogens with zero attached hydrogens (tertiary/aromatic N) is 2. The summed E-state index contributed by atoms with van der Waals surface area (Å²) < 4.78 is 0. The van der Waals surface area contributed by atoms with Crippen LogP contribution in [0.25, 0.3) is 0 Å². The third-order valence-corrected chi connectivity index (χ3v) is 2.37. The summed E-state index contributed by atoms with van der Waals surface area (Å²) in [5, 5.41) is 17.6. The van der Waals surface area contributed by atoms with Crippen molar-refractivity contribution in [3.8, 4) is 0 Å². The Morgan fingerprint density at radius 1 is 1.11 bits per heavy atom. The summed E-state index contributed by atoms with van der Waals surface area (Å²) in [4.78, 5) is 35.8. The third kappa shape index (κ3) is 7.24. The lowest BCUT2D eigenvalue weighted by Gasteiger charge is -2.28. The maximum absolute atomic E-state index is 12.1. The van der Waals surface area contributed by atoms with E-state index < -0.39 is 31.0 Å². The zero-order valence-corrected chi connectivity index (χ0v) is 11.0. The Hall–Kier alpha value is -1.83. The smallest absolute Gasteiger partial charge is 0.323 e. The molecule has 0 radical (unpaired) electrons. The fourth-order valence-corrected chi connectivity index (χ4v) is 1.52. The van der Waals surface area contributed by atoms with Gasteiger partial charge in [-0.05, 0) is 6.42 Å². The number of unbranched alkanes of at least 4 members (excludes halogenated alkanes) is 1. The largest absolute Gasteiger partial charge is 0.480 e. The van der Waals surface area contributed by atoms with Gasteiger partial charge in [0.2, 0.25) is 5.91 Å². The molecule has 0 aliphatic heterocycles. The van der Waals surface area contributed by atoms with Crippen molar-refractivity contribution in [2.75, 3.05) is 32.8 Å². The molecule has 0 unspecified atom stereocenters. The van der Waals surface area contributed by atoms with Gasteiger partial charge in [-0.3, -0.25) is 9.59 Å². The van der Waals surface area contributed by atoms with Crippen LogP contribution in [0.5, 0.6) is 0 Å². The number of carbonyl (C=O) groups excluding carboxylic acids is 2. The van der Waals surface area contributed by atoms with Gasteiger partial charge in [0, 0.05) is 13.1 Å². The van der Waals surface area contributed by atoms with Crippen LogP contribution in [0.1, 0.15) is 19.8 Å². The predicted octanol–water partition coefficient (Wildman–Crippen LogP) is -0.927. The van der Waals surface area contributed by atoms with Crippen molar-refractivity contribution >= 4 is 17.9 Å². The Morgan fingerprint density at radius 2 is 1.74 bits per heavy atom. The number of hydrogen-bond acceptors (Lipinski definition) is 4. The van der Waals surface area contributed by atoms with Gasteiger partial charge >= 0.3 is 12.0 Å². The second-order valence-corrected chi connectivity index (χ2v) is 4.06. The molecular formula is C11H21N3O5. The molecule has 0 fully saturated rings. The first-order valence-electron chi connectivity index (χ1n) is 6.07. The van der Waals surface area contributed by atoms with Crippen molar-refractivity contribution in [3.05, 3.63) is 0 Å². The van der Waals surface area contributed by atoms with Crippen LogP contribution in [0, 0.1) is 0 Å². The highest BCUT2D eigenvalue weighted by Gasteiger charge is 2.23. The molecule has 8 heteroatoms. The van der Waals surface area contributed by atoms with Crippen LogP contribution >= 0.6 is 0 Å². The van der Waals surface area contributed by atoms with Crippen LogP contribution < -0.4 is 5.73 Å². The van der Waals surface area contributed by atoms with Gasteiger partial charge in [0.1, 0.15) is 13.1 Å². The number of primary amides is 1. The Kier molecular flexibility index (Phi) is 8.27. The van der Waals surface area contributed by atoms with Gasteiger partial charge in [-0.1, -0.05) is 13.3 Å². The standard InChI is InChI=1S/C11H21N3O5/c1-2-3-4-13(5-6-15)11(19)14(7-9(12)16)8-10(17)18/h15H,2-8H2,1H3,(H2,12,16)(H,17,18). The first-order valence-corrected chi connectivity index (χ1v) is 6.07. The number of aliphatic hydroxyl groups excluding tert-OH is 1. The summed E-state index contributed by atoms with van der Waals surface area (Å²) in [5.74, 6) is -2.01. The minimum Gasteiger partial charge on any atom is -0.480 e. The number of amides is 3. The number of carboxylic acids is 1. The van der Waals surface area contributed by atoms with Crippen LogP contribution in [0.3, 0.4) is 0 Å². The molecule has 0 heterocycles. The van der Waals surface area contributed by atoms with E-state index in [1.807, 2.05) is 6.92 Å². The van der Waals surface area contributed by atoms with Gasteiger partial charge in [-0.25, -0.2) is 4.79 Å². The SMILES string of the molecule is CCCCN(CCO)C(=O)N(CC(N)=O)CC(=O)O. The van der Waals surface area contributed by atoms with E-state index in [-0.39, 0.29) is 13.2 Å². The molecule has 0 saturated carbocycles. The highest BCUT2D eigenvalue weighted by Crippen LogP contribution is 2.02. The van der Waals surface area contributed by atoms with Gasteiger partial charge in [-0.15, -0.1) is 0 Å². The summed E-state index contributed by atoms with van der Waals surface area (Å²) in [5.41, 5.74) is 4.99. The number of rotatable bonds is 9. The van der Waals surface area contributed by atoms with E-state index >= 15 is 0 Å². The average Bonchev–Trinajstić information content (AvgIpc) is 2.31. The molecule has 4 N–H and O–H groups in total. The molecule has 8 nitrogen and oxygen atoms in total. The molecule has 0 aromatic carbocycles. The van der Waals surface area contributed by atoms with Crippen LogP contribution in [0.15, 0.2) is 0 Å². The fourth-order valence-electron chi connectivity index (χ4n) is 1.52. The van der Waals surface area contributed by atoms with Crippen molar-refractivity contribution in [1.29, 1.82) is 0 Å². The van der Waals surface area contributed by atoms with Gasteiger partial charge < -0.3 is 25.7 Å². The molecule has 0 bridgehead atoms. The van der Waals surface area contributed by atoms with Gasteiger partial charge in [0.15, 0.2) is 0 Å². The molecule has 19 heavy (non-hydrogen) atoms. The fraction of sp³-hybridized carbons (Fsp3) is 0.727. The molecule has 0 spiro atoms. The number of hydrogen-bond donors (Lipinski definition) is 3. The van der Waals surface area contributed by atoms with Crippen LogP contribution in [0.4, 0.5) is 4.79 Å². The summed E-state index contributed by atoms with van der Waals surface area (Å²) in [7, 11) is 0. The molecule has 0 aliphatic carbocycles. The van der Waals surface area contributed by atoms with E-state index in [2.05, 4.69) is 0 Å². The van der Waals surface area contributed by atoms with Gasteiger partial charge in [0.05, 0.1) is 6.61 Å². The van der Waals surface area contributed by atoms with E-state index in [1.54, 1.807) is 0 Å². The zero-order valence-electron chi connectivity index (χ0n) is 11.0. The maximum atomic E-state index is 12.1. The molecule has 0 rings (SSSR count). The normalized spacial score (nSPS) is 10.0. The molecule has 0 aliphatic rings. The van der Waals surface area contributed by atoms with E-state index in [4.69, 9.17) is 15.9 Å². The Balaban J connectivity index is 4.77. The number of aliphatic carboxylic acids is 1.